The molecule has 1 saturated heterocycles. The number of guanidine groups is 1. The van der Waals surface area contributed by atoms with Crippen molar-refractivity contribution in [3.05, 3.63) is 29.3 Å². The molecule has 0 aromatic heterocycles. The first-order valence-electron chi connectivity index (χ1n) is 8.98. The smallest absolute Gasteiger partial charge is 0.191 e. The van der Waals surface area contributed by atoms with E-state index in [1.165, 1.54) is 50.0 Å². The lowest BCUT2D eigenvalue weighted by molar-refractivity contribution is 0.206. The average Bonchev–Trinajstić information content (AvgIpc) is 2.59. The molecule has 1 aliphatic rings. The van der Waals surface area contributed by atoms with E-state index in [4.69, 9.17) is 4.74 Å². The van der Waals surface area contributed by atoms with E-state index in [1.807, 2.05) is 13.1 Å². The second-order valence-electron chi connectivity index (χ2n) is 6.54. The molecule has 2 N–H and O–H groups in total. The van der Waals surface area contributed by atoms with Gasteiger partial charge in [0.15, 0.2) is 5.96 Å². The van der Waals surface area contributed by atoms with Gasteiger partial charge in [-0.25, -0.2) is 0 Å². The third-order valence-corrected chi connectivity index (χ3v) is 4.50. The van der Waals surface area contributed by atoms with Gasteiger partial charge in [-0.1, -0.05) is 13.0 Å². The molecule has 0 spiro atoms. The van der Waals surface area contributed by atoms with Gasteiger partial charge < -0.3 is 20.3 Å². The molecule has 1 aliphatic heterocycles. The Bertz CT molecular complexity index is 536. The summed E-state index contributed by atoms with van der Waals surface area (Å²) in [7, 11) is 3.54. The first kappa shape index (κ1) is 18.6. The van der Waals surface area contributed by atoms with E-state index in [9.17, 15) is 0 Å². The van der Waals surface area contributed by atoms with Crippen molar-refractivity contribution in [1.29, 1.82) is 0 Å². The lowest BCUT2D eigenvalue weighted by atomic mass is 10.1. The molecule has 0 radical (unpaired) electrons. The lowest BCUT2D eigenvalue weighted by Crippen LogP contribution is -2.48. The number of hydrogen-bond acceptors (Lipinski definition) is 3. The van der Waals surface area contributed by atoms with Gasteiger partial charge >= 0.3 is 0 Å². The minimum Gasteiger partial charge on any atom is -0.497 e. The highest BCUT2D eigenvalue weighted by Gasteiger charge is 2.19. The summed E-state index contributed by atoms with van der Waals surface area (Å²) < 4.78 is 5.34. The van der Waals surface area contributed by atoms with Crippen LogP contribution in [0.15, 0.2) is 23.2 Å². The van der Waals surface area contributed by atoms with Gasteiger partial charge in [-0.05, 0) is 56.0 Å². The normalized spacial score (nSPS) is 16.9. The molecule has 5 heteroatoms. The largest absolute Gasteiger partial charge is 0.497 e. The van der Waals surface area contributed by atoms with Crippen molar-refractivity contribution >= 4 is 5.96 Å². The lowest BCUT2D eigenvalue weighted by Gasteiger charge is -2.32. The second kappa shape index (κ2) is 9.52. The number of nitrogens with zero attached hydrogens (tertiary/aromatic N) is 2. The molecule has 0 atom stereocenters. The highest BCUT2D eigenvalue weighted by atomic mass is 16.5. The standard InChI is InChI=1S/C19H32N4O/c1-5-8-23-9-6-17(7-10-23)22-19(20-3)21-14-16-11-15(2)12-18(13-16)24-4/h11-13,17H,5-10,14H2,1-4H3,(H2,20,21,22). The molecular weight excluding hydrogens is 300 g/mol. The summed E-state index contributed by atoms with van der Waals surface area (Å²) in [6, 6.07) is 6.79. The first-order chi connectivity index (χ1) is 11.6. The first-order valence-corrected chi connectivity index (χ1v) is 8.98. The van der Waals surface area contributed by atoms with Crippen molar-refractivity contribution in [1.82, 2.24) is 15.5 Å². The molecule has 0 aliphatic carbocycles. The summed E-state index contributed by atoms with van der Waals surface area (Å²) in [6.07, 6.45) is 3.60. The van der Waals surface area contributed by atoms with Gasteiger partial charge in [0, 0.05) is 32.7 Å². The third kappa shape index (κ3) is 5.71. The van der Waals surface area contributed by atoms with Gasteiger partial charge in [-0.2, -0.15) is 0 Å². The van der Waals surface area contributed by atoms with Crippen LogP contribution in [0.2, 0.25) is 0 Å². The highest BCUT2D eigenvalue weighted by molar-refractivity contribution is 5.80. The molecule has 0 unspecified atom stereocenters. The van der Waals surface area contributed by atoms with Crippen LogP contribution < -0.4 is 15.4 Å². The second-order valence-corrected chi connectivity index (χ2v) is 6.54. The molecular formula is C19H32N4O. The van der Waals surface area contributed by atoms with Crippen LogP contribution in [0.1, 0.15) is 37.3 Å². The number of ether oxygens (including phenoxy) is 1. The Morgan fingerprint density at radius 2 is 2.04 bits per heavy atom. The summed E-state index contributed by atoms with van der Waals surface area (Å²) in [6.45, 7) is 8.65. The highest BCUT2D eigenvalue weighted by Crippen LogP contribution is 2.16. The SMILES string of the molecule is CCCN1CCC(NC(=NC)NCc2cc(C)cc(OC)c2)CC1. The Morgan fingerprint density at radius 1 is 1.29 bits per heavy atom. The Morgan fingerprint density at radius 3 is 2.67 bits per heavy atom. The maximum atomic E-state index is 5.34. The zero-order valence-electron chi connectivity index (χ0n) is 15.6. The van der Waals surface area contributed by atoms with Crippen LogP contribution in [0.25, 0.3) is 0 Å². The molecule has 1 aromatic carbocycles. The number of hydrogen-bond donors (Lipinski definition) is 2. The molecule has 1 aromatic rings. The van der Waals surface area contributed by atoms with Crippen LogP contribution in [0.3, 0.4) is 0 Å². The molecule has 1 fully saturated rings. The average molecular weight is 332 g/mol. The molecule has 24 heavy (non-hydrogen) atoms. The summed E-state index contributed by atoms with van der Waals surface area (Å²) in [5.41, 5.74) is 2.41. The molecule has 2 rings (SSSR count). The number of benzene rings is 1. The summed E-state index contributed by atoms with van der Waals surface area (Å²) in [4.78, 5) is 6.92. The van der Waals surface area contributed by atoms with Gasteiger partial charge in [-0.3, -0.25) is 4.99 Å². The Labute approximate surface area is 146 Å². The maximum absolute atomic E-state index is 5.34. The van der Waals surface area contributed by atoms with E-state index in [2.05, 4.69) is 46.5 Å². The fourth-order valence-corrected chi connectivity index (χ4v) is 3.24. The molecule has 0 bridgehead atoms. The van der Waals surface area contributed by atoms with Crippen molar-refractivity contribution in [3.8, 4) is 5.75 Å². The molecule has 5 nitrogen and oxygen atoms in total. The van der Waals surface area contributed by atoms with Crippen LogP contribution in [0.5, 0.6) is 5.75 Å². The number of rotatable bonds is 6. The van der Waals surface area contributed by atoms with Crippen molar-refractivity contribution in [3.63, 3.8) is 0 Å². The maximum Gasteiger partial charge on any atom is 0.191 e. The number of nitrogens with one attached hydrogen (secondary N) is 2. The number of likely N-dealkylation sites (tertiary alicyclic amines) is 1. The minimum absolute atomic E-state index is 0.511. The molecule has 1 heterocycles. The van der Waals surface area contributed by atoms with E-state index >= 15 is 0 Å². The van der Waals surface area contributed by atoms with Crippen molar-refractivity contribution in [2.24, 2.45) is 4.99 Å². The number of piperidine rings is 1. The third-order valence-electron chi connectivity index (χ3n) is 4.50. The van der Waals surface area contributed by atoms with E-state index in [0.717, 1.165) is 18.3 Å². The van der Waals surface area contributed by atoms with Crippen molar-refractivity contribution < 1.29 is 4.74 Å². The van der Waals surface area contributed by atoms with E-state index in [1.54, 1.807) is 7.11 Å². The van der Waals surface area contributed by atoms with Gasteiger partial charge in [0.05, 0.1) is 7.11 Å². The Kier molecular flexibility index (Phi) is 7.37. The zero-order valence-corrected chi connectivity index (χ0v) is 15.6. The summed E-state index contributed by atoms with van der Waals surface area (Å²) >= 11 is 0. The van der Waals surface area contributed by atoms with Crippen LogP contribution in [-0.4, -0.2) is 50.7 Å². The van der Waals surface area contributed by atoms with Gasteiger partial charge in [-0.15, -0.1) is 0 Å². The van der Waals surface area contributed by atoms with E-state index < -0.39 is 0 Å². The predicted molar refractivity (Wildman–Crippen MR) is 101 cm³/mol. The summed E-state index contributed by atoms with van der Waals surface area (Å²) in [5.74, 6) is 1.78. The van der Waals surface area contributed by atoms with Gasteiger partial charge in [0.1, 0.15) is 5.75 Å². The van der Waals surface area contributed by atoms with Gasteiger partial charge in [0.25, 0.3) is 0 Å². The quantitative estimate of drug-likeness (QED) is 0.621. The predicted octanol–water partition coefficient (Wildman–Crippen LogP) is 2.54. The van der Waals surface area contributed by atoms with Crippen molar-refractivity contribution in [2.45, 2.75) is 45.7 Å². The van der Waals surface area contributed by atoms with Gasteiger partial charge in [0.2, 0.25) is 0 Å². The number of methoxy groups -OCH3 is 1. The number of aryl methyl sites for hydroxylation is 1. The molecule has 0 amide bonds. The van der Waals surface area contributed by atoms with E-state index in [0.29, 0.717) is 6.04 Å². The fraction of sp³-hybridized carbons (Fsp3) is 0.632. The van der Waals surface area contributed by atoms with Crippen LogP contribution in [0, 0.1) is 6.92 Å². The Balaban J connectivity index is 1.82. The topological polar surface area (TPSA) is 48.9 Å². The fourth-order valence-electron chi connectivity index (χ4n) is 3.24. The number of aliphatic imine (C=N–C) groups is 1. The van der Waals surface area contributed by atoms with Crippen LogP contribution in [0.4, 0.5) is 0 Å². The van der Waals surface area contributed by atoms with Crippen LogP contribution in [-0.2, 0) is 6.54 Å². The minimum atomic E-state index is 0.511. The van der Waals surface area contributed by atoms with Crippen molar-refractivity contribution in [2.75, 3.05) is 33.8 Å². The monoisotopic (exact) mass is 332 g/mol. The van der Waals surface area contributed by atoms with Crippen LogP contribution >= 0.6 is 0 Å². The zero-order chi connectivity index (χ0) is 17.4. The van der Waals surface area contributed by atoms with E-state index in [-0.39, 0.29) is 0 Å². The summed E-state index contributed by atoms with van der Waals surface area (Å²) in [5, 5.41) is 6.98. The molecule has 134 valence electrons. The molecule has 0 saturated carbocycles. The Hall–Kier alpha value is -1.75.